The average Bonchev–Trinajstić information content (AvgIpc) is 2.12. The molecule has 0 aliphatic carbocycles. The van der Waals surface area contributed by atoms with E-state index in [9.17, 15) is 0 Å². The molecule has 0 bridgehead atoms. The predicted octanol–water partition coefficient (Wildman–Crippen LogP) is 2.27. The largest absolute Gasteiger partial charge is 0.281 e. The van der Waals surface area contributed by atoms with E-state index in [1.807, 2.05) is 13.8 Å². The Balaban J connectivity index is 3.07. The molecule has 0 spiro atoms. The Bertz CT molecular complexity index is 189. The van der Waals surface area contributed by atoms with Crippen LogP contribution in [0.3, 0.4) is 0 Å². The molecule has 2 nitrogen and oxygen atoms in total. The lowest BCUT2D eigenvalue weighted by Crippen LogP contribution is -1.70. The fraction of sp³-hybridized carbons (Fsp3) is 0.400. The number of hydrogen-bond donors (Lipinski definition) is 1. The predicted molar refractivity (Wildman–Crippen MR) is 39.8 cm³/mol. The summed E-state index contributed by atoms with van der Waals surface area (Å²) in [5.74, 6) is 0. The number of aromatic amines is 1. The lowest BCUT2D eigenvalue weighted by molar-refractivity contribution is 1.02. The molecule has 50 valence electrons. The standard InChI is InChI=1S/C5H7ClN2S/c1-3-5(9-6)4(2)8-7-3/h1-2H3,(H,7,8). The summed E-state index contributed by atoms with van der Waals surface area (Å²) in [6.07, 6.45) is 0. The second-order valence-electron chi connectivity index (χ2n) is 1.84. The van der Waals surface area contributed by atoms with Gasteiger partial charge in [-0.25, -0.2) is 0 Å². The maximum absolute atomic E-state index is 5.54. The Morgan fingerprint density at radius 1 is 1.56 bits per heavy atom. The van der Waals surface area contributed by atoms with Crippen LogP contribution in [-0.2, 0) is 0 Å². The number of halogens is 1. The molecule has 0 amide bonds. The van der Waals surface area contributed by atoms with Gasteiger partial charge in [-0.05, 0) is 35.5 Å². The van der Waals surface area contributed by atoms with Crippen molar-refractivity contribution >= 4 is 21.7 Å². The van der Waals surface area contributed by atoms with Crippen LogP contribution in [0.5, 0.6) is 0 Å². The summed E-state index contributed by atoms with van der Waals surface area (Å²) in [6, 6.07) is 0. The molecule has 0 saturated carbocycles. The van der Waals surface area contributed by atoms with Gasteiger partial charge in [0.1, 0.15) is 0 Å². The first kappa shape index (κ1) is 6.96. The highest BCUT2D eigenvalue weighted by Gasteiger charge is 2.03. The lowest BCUT2D eigenvalue weighted by Gasteiger charge is -1.88. The third-order valence-electron chi connectivity index (χ3n) is 1.14. The summed E-state index contributed by atoms with van der Waals surface area (Å²) in [5, 5.41) is 6.79. The van der Waals surface area contributed by atoms with Gasteiger partial charge in [0.15, 0.2) is 0 Å². The fourth-order valence-electron chi connectivity index (χ4n) is 0.654. The Morgan fingerprint density at radius 2 is 2.22 bits per heavy atom. The van der Waals surface area contributed by atoms with Gasteiger partial charge in [-0.1, -0.05) is 0 Å². The molecule has 4 heteroatoms. The zero-order chi connectivity index (χ0) is 6.85. The minimum atomic E-state index is 0.965. The summed E-state index contributed by atoms with van der Waals surface area (Å²) in [4.78, 5) is 1.04. The van der Waals surface area contributed by atoms with E-state index in [1.165, 1.54) is 11.0 Å². The van der Waals surface area contributed by atoms with E-state index in [4.69, 9.17) is 10.7 Å². The van der Waals surface area contributed by atoms with Crippen molar-refractivity contribution in [3.05, 3.63) is 11.4 Å². The number of hydrogen-bond acceptors (Lipinski definition) is 2. The molecule has 0 aliphatic rings. The van der Waals surface area contributed by atoms with Crippen molar-refractivity contribution in [3.8, 4) is 0 Å². The van der Waals surface area contributed by atoms with E-state index in [0.29, 0.717) is 0 Å². The Kier molecular flexibility index (Phi) is 2.03. The Hall–Kier alpha value is -0.150. The number of nitrogens with one attached hydrogen (secondary N) is 1. The quantitative estimate of drug-likeness (QED) is 0.687. The third-order valence-corrected chi connectivity index (χ3v) is 2.36. The maximum atomic E-state index is 5.54. The van der Waals surface area contributed by atoms with Gasteiger partial charge in [0.2, 0.25) is 0 Å². The number of nitrogens with zero attached hydrogens (tertiary/aromatic N) is 1. The lowest BCUT2D eigenvalue weighted by atomic mass is 10.4. The van der Waals surface area contributed by atoms with Crippen molar-refractivity contribution < 1.29 is 0 Å². The van der Waals surface area contributed by atoms with Crippen molar-refractivity contribution in [2.75, 3.05) is 0 Å². The third kappa shape index (κ3) is 1.22. The topological polar surface area (TPSA) is 28.7 Å². The number of aryl methyl sites for hydroxylation is 2. The first-order valence-corrected chi connectivity index (χ1v) is 4.20. The fourth-order valence-corrected chi connectivity index (χ4v) is 1.66. The van der Waals surface area contributed by atoms with Gasteiger partial charge in [-0.3, -0.25) is 5.10 Å². The van der Waals surface area contributed by atoms with Crippen molar-refractivity contribution in [3.63, 3.8) is 0 Å². The zero-order valence-electron chi connectivity index (χ0n) is 5.23. The molecule has 0 unspecified atom stereocenters. The highest BCUT2D eigenvalue weighted by molar-refractivity contribution is 8.21. The molecule has 0 fully saturated rings. The van der Waals surface area contributed by atoms with Crippen LogP contribution < -0.4 is 0 Å². The summed E-state index contributed by atoms with van der Waals surface area (Å²) in [7, 11) is 6.74. The van der Waals surface area contributed by atoms with Crippen LogP contribution in [0.1, 0.15) is 11.4 Å². The molecule has 0 radical (unpaired) electrons. The second-order valence-corrected chi connectivity index (χ2v) is 2.87. The summed E-state index contributed by atoms with van der Waals surface area (Å²) in [6.45, 7) is 3.87. The molecular weight excluding hydrogens is 156 g/mol. The van der Waals surface area contributed by atoms with E-state index >= 15 is 0 Å². The van der Waals surface area contributed by atoms with Crippen LogP contribution in [0.25, 0.3) is 0 Å². The van der Waals surface area contributed by atoms with Crippen molar-refractivity contribution in [2.24, 2.45) is 0 Å². The van der Waals surface area contributed by atoms with Crippen LogP contribution >= 0.6 is 21.7 Å². The normalized spacial score (nSPS) is 10.1. The van der Waals surface area contributed by atoms with Crippen LogP contribution in [0.15, 0.2) is 4.90 Å². The van der Waals surface area contributed by atoms with Crippen molar-refractivity contribution in [1.29, 1.82) is 0 Å². The van der Waals surface area contributed by atoms with Crippen molar-refractivity contribution in [1.82, 2.24) is 10.2 Å². The van der Waals surface area contributed by atoms with E-state index < -0.39 is 0 Å². The van der Waals surface area contributed by atoms with E-state index in [1.54, 1.807) is 0 Å². The minimum absolute atomic E-state index is 0.965. The van der Waals surface area contributed by atoms with Gasteiger partial charge in [0.25, 0.3) is 0 Å². The summed E-state index contributed by atoms with van der Waals surface area (Å²) >= 11 is 0. The zero-order valence-corrected chi connectivity index (χ0v) is 6.81. The monoisotopic (exact) mass is 162 g/mol. The average molecular weight is 163 g/mol. The number of H-pyrrole nitrogens is 1. The molecule has 0 aliphatic heterocycles. The molecule has 1 aromatic rings. The molecule has 0 atom stereocenters. The van der Waals surface area contributed by atoms with Crippen LogP contribution in [0.2, 0.25) is 0 Å². The molecule has 1 N–H and O–H groups in total. The maximum Gasteiger partial charge on any atom is 0.0742 e. The molecule has 9 heavy (non-hydrogen) atoms. The highest BCUT2D eigenvalue weighted by atomic mass is 35.7. The second kappa shape index (κ2) is 2.62. The SMILES string of the molecule is Cc1n[nH]c(C)c1SCl. The van der Waals surface area contributed by atoms with Gasteiger partial charge in [0, 0.05) is 5.69 Å². The van der Waals surface area contributed by atoms with E-state index in [2.05, 4.69) is 10.2 Å². The van der Waals surface area contributed by atoms with Crippen LogP contribution in [0.4, 0.5) is 0 Å². The highest BCUT2D eigenvalue weighted by Crippen LogP contribution is 2.26. The van der Waals surface area contributed by atoms with Gasteiger partial charge in [-0.2, -0.15) is 5.10 Å². The molecule has 0 aromatic carbocycles. The van der Waals surface area contributed by atoms with Gasteiger partial charge >= 0.3 is 0 Å². The van der Waals surface area contributed by atoms with Crippen LogP contribution in [-0.4, -0.2) is 10.2 Å². The molecule has 1 heterocycles. The first-order valence-electron chi connectivity index (χ1n) is 2.56. The van der Waals surface area contributed by atoms with E-state index in [0.717, 1.165) is 16.3 Å². The van der Waals surface area contributed by atoms with Crippen LogP contribution in [0, 0.1) is 13.8 Å². The smallest absolute Gasteiger partial charge is 0.0742 e. The van der Waals surface area contributed by atoms with E-state index in [-0.39, 0.29) is 0 Å². The first-order chi connectivity index (χ1) is 4.25. The van der Waals surface area contributed by atoms with Gasteiger partial charge < -0.3 is 0 Å². The molecule has 1 aromatic heterocycles. The molecule has 1 rings (SSSR count). The van der Waals surface area contributed by atoms with Gasteiger partial charge in [-0.15, -0.1) is 0 Å². The Morgan fingerprint density at radius 3 is 2.44 bits per heavy atom. The number of rotatable bonds is 1. The van der Waals surface area contributed by atoms with Gasteiger partial charge in [0.05, 0.1) is 10.6 Å². The summed E-state index contributed by atoms with van der Waals surface area (Å²) in [5.41, 5.74) is 2.00. The van der Waals surface area contributed by atoms with Crippen molar-refractivity contribution in [2.45, 2.75) is 18.7 Å². The Labute approximate surface area is 62.5 Å². The minimum Gasteiger partial charge on any atom is -0.281 e. The molecular formula is C5H7ClN2S. The summed E-state index contributed by atoms with van der Waals surface area (Å²) < 4.78 is 0. The molecule has 0 saturated heterocycles. The number of aromatic nitrogens is 2.